The Hall–Kier alpha value is -1.17. The molecule has 0 bridgehead atoms. The molecule has 0 unspecified atom stereocenters. The van der Waals surface area contributed by atoms with E-state index < -0.39 is 0 Å². The van der Waals surface area contributed by atoms with Crippen LogP contribution in [-0.2, 0) is 9.53 Å². The lowest BCUT2D eigenvalue weighted by Gasteiger charge is -2.59. The molecule has 3 fully saturated rings. The fourth-order valence-electron chi connectivity index (χ4n) is 8.74. The molecule has 4 aliphatic rings. The van der Waals surface area contributed by atoms with Crippen molar-refractivity contribution in [2.24, 2.45) is 40.4 Å². The molecule has 204 valence electrons. The molecule has 0 aromatic carbocycles. The number of ether oxygens (including phenoxy) is 1. The van der Waals surface area contributed by atoms with E-state index in [2.05, 4.69) is 65.1 Å². The minimum absolute atomic E-state index is 0.163. The third-order valence-electron chi connectivity index (χ3n) is 11.4. The van der Waals surface area contributed by atoms with Crippen LogP contribution in [0.5, 0.6) is 0 Å². The van der Waals surface area contributed by atoms with Gasteiger partial charge in [0.05, 0.1) is 12.7 Å². The summed E-state index contributed by atoms with van der Waals surface area (Å²) < 4.78 is 6.09. The summed E-state index contributed by atoms with van der Waals surface area (Å²) in [4.78, 5) is 15.2. The van der Waals surface area contributed by atoms with Crippen molar-refractivity contribution in [3.8, 4) is 0 Å². The van der Waals surface area contributed by atoms with Gasteiger partial charge in [0.15, 0.2) is 0 Å². The number of aliphatic hydroxyl groups is 1. The molecule has 0 heterocycles. The van der Waals surface area contributed by atoms with E-state index in [9.17, 15) is 9.90 Å². The van der Waals surface area contributed by atoms with E-state index in [1.54, 1.807) is 11.6 Å². The van der Waals surface area contributed by atoms with Crippen LogP contribution in [0.15, 0.2) is 23.3 Å². The van der Waals surface area contributed by atoms with E-state index in [1.807, 2.05) is 6.92 Å². The van der Waals surface area contributed by atoms with Gasteiger partial charge in [0.2, 0.25) is 0 Å². The number of carbonyl (C=O) groups excluding carboxylic acids is 1. The molecular weight excluding hydrogens is 448 g/mol. The van der Waals surface area contributed by atoms with Crippen molar-refractivity contribution in [1.82, 2.24) is 10.2 Å². The van der Waals surface area contributed by atoms with E-state index in [0.29, 0.717) is 42.4 Å². The minimum atomic E-state index is -0.330. The van der Waals surface area contributed by atoms with Crippen molar-refractivity contribution < 1.29 is 14.6 Å². The summed E-state index contributed by atoms with van der Waals surface area (Å²) in [6.07, 6.45) is 11.6. The smallest absolute Gasteiger partial charge is 0.330 e. The van der Waals surface area contributed by atoms with Gasteiger partial charge in [-0.25, -0.2) is 4.79 Å². The van der Waals surface area contributed by atoms with Gasteiger partial charge in [-0.05, 0) is 115 Å². The standard InChI is InChI=1S/C31H52N2O3/c1-19(2)20(3)15-28(35)36-18-31-14-12-25-24(29(31)27(34)17-26(31)21(4)33(7)8)10-9-22-16-23(32-6)11-13-30(22,25)5/h9,15,19,21,23-27,29,32,34H,10-14,16-18H2,1-8H3/t21-,23-,24+,25-,26+,27+,29+,30-,31-/m0/s1. The predicted molar refractivity (Wildman–Crippen MR) is 146 cm³/mol. The first-order valence-electron chi connectivity index (χ1n) is 14.5. The molecule has 36 heavy (non-hydrogen) atoms. The molecule has 0 aromatic heterocycles. The second kappa shape index (κ2) is 10.5. The number of nitrogens with one attached hydrogen (secondary N) is 1. The zero-order valence-electron chi connectivity index (χ0n) is 24.1. The fourth-order valence-corrected chi connectivity index (χ4v) is 8.74. The van der Waals surface area contributed by atoms with Crippen LogP contribution >= 0.6 is 0 Å². The Bertz CT molecular complexity index is 879. The van der Waals surface area contributed by atoms with Crippen molar-refractivity contribution in [3.63, 3.8) is 0 Å². The number of hydrogen-bond donors (Lipinski definition) is 2. The molecule has 2 N–H and O–H groups in total. The Kier molecular flexibility index (Phi) is 8.15. The fraction of sp³-hybridized carbons (Fsp3) is 0.839. The lowest BCUT2D eigenvalue weighted by molar-refractivity contribution is -0.154. The largest absolute Gasteiger partial charge is 0.462 e. The maximum Gasteiger partial charge on any atom is 0.330 e. The molecule has 0 radical (unpaired) electrons. The van der Waals surface area contributed by atoms with Crippen LogP contribution in [0.2, 0.25) is 0 Å². The topological polar surface area (TPSA) is 61.8 Å². The molecule has 9 atom stereocenters. The first-order chi connectivity index (χ1) is 16.9. The molecule has 3 saturated carbocycles. The van der Waals surface area contributed by atoms with Crippen LogP contribution < -0.4 is 5.32 Å². The summed E-state index contributed by atoms with van der Waals surface area (Å²) in [7, 11) is 6.37. The maximum atomic E-state index is 12.9. The van der Waals surface area contributed by atoms with Gasteiger partial charge < -0.3 is 20.1 Å². The SMILES string of the molecule is CN[C@H]1CC[C@@]2(C)C(=CC[C@H]3[C@@H]4[C@H](O)C[C@H]([C@H](C)N(C)C)[C@@]4(COC(=O)C=C(C)C(C)C)CC[C@@H]32)C1. The van der Waals surface area contributed by atoms with Gasteiger partial charge in [0, 0.05) is 23.6 Å². The highest BCUT2D eigenvalue weighted by Crippen LogP contribution is 2.67. The van der Waals surface area contributed by atoms with Crippen LogP contribution in [0.4, 0.5) is 0 Å². The van der Waals surface area contributed by atoms with Crippen LogP contribution in [-0.4, -0.2) is 61.9 Å². The molecule has 0 spiro atoms. The summed E-state index contributed by atoms with van der Waals surface area (Å²) in [5.74, 6) is 1.67. The Morgan fingerprint density at radius 3 is 2.64 bits per heavy atom. The average molecular weight is 501 g/mol. The summed E-state index contributed by atoms with van der Waals surface area (Å²) in [6, 6.07) is 0.914. The summed E-state index contributed by atoms with van der Waals surface area (Å²) in [5, 5.41) is 15.2. The molecule has 4 rings (SSSR count). The normalized spacial score (nSPS) is 41.4. The molecule has 0 aromatic rings. The first-order valence-corrected chi connectivity index (χ1v) is 14.5. The van der Waals surface area contributed by atoms with Crippen molar-refractivity contribution >= 4 is 5.97 Å². The second-order valence-corrected chi connectivity index (χ2v) is 13.4. The lowest BCUT2D eigenvalue weighted by atomic mass is 9.46. The van der Waals surface area contributed by atoms with E-state index in [-0.39, 0.29) is 28.8 Å². The molecule has 0 saturated heterocycles. The Balaban J connectivity index is 1.66. The van der Waals surface area contributed by atoms with Gasteiger partial charge in [0.25, 0.3) is 0 Å². The van der Waals surface area contributed by atoms with Crippen molar-refractivity contribution in [2.45, 2.75) is 97.8 Å². The van der Waals surface area contributed by atoms with Crippen molar-refractivity contribution in [1.29, 1.82) is 0 Å². The van der Waals surface area contributed by atoms with Crippen LogP contribution in [0, 0.1) is 40.4 Å². The summed E-state index contributed by atoms with van der Waals surface area (Å²) >= 11 is 0. The quantitative estimate of drug-likeness (QED) is 0.286. The van der Waals surface area contributed by atoms with E-state index in [4.69, 9.17) is 4.74 Å². The summed E-state index contributed by atoms with van der Waals surface area (Å²) in [6.45, 7) is 11.4. The molecule has 0 amide bonds. The van der Waals surface area contributed by atoms with Gasteiger partial charge in [0.1, 0.15) is 0 Å². The molecule has 0 aliphatic heterocycles. The van der Waals surface area contributed by atoms with Crippen molar-refractivity contribution in [2.75, 3.05) is 27.7 Å². The predicted octanol–water partition coefficient (Wildman–Crippen LogP) is 5.20. The van der Waals surface area contributed by atoms with Crippen molar-refractivity contribution in [3.05, 3.63) is 23.3 Å². The lowest BCUT2D eigenvalue weighted by Crippen LogP contribution is -2.56. The van der Waals surface area contributed by atoms with Gasteiger partial charge in [-0.3, -0.25) is 0 Å². The highest BCUT2D eigenvalue weighted by atomic mass is 16.5. The monoisotopic (exact) mass is 500 g/mol. The number of nitrogens with zero attached hydrogens (tertiary/aromatic N) is 1. The Labute approximate surface area is 220 Å². The molecule has 5 heteroatoms. The zero-order chi connectivity index (χ0) is 26.4. The van der Waals surface area contributed by atoms with Crippen LogP contribution in [0.25, 0.3) is 0 Å². The number of esters is 1. The van der Waals surface area contributed by atoms with Gasteiger partial charge in [-0.1, -0.05) is 38.0 Å². The number of carbonyl (C=O) groups is 1. The zero-order valence-corrected chi connectivity index (χ0v) is 24.1. The number of hydrogen-bond acceptors (Lipinski definition) is 5. The minimum Gasteiger partial charge on any atom is -0.462 e. The number of fused-ring (bicyclic) bond motifs is 5. The summed E-state index contributed by atoms with van der Waals surface area (Å²) in [5.41, 5.74) is 2.77. The first kappa shape index (κ1) is 27.9. The van der Waals surface area contributed by atoms with Crippen LogP contribution in [0.1, 0.15) is 79.6 Å². The number of rotatable bonds is 7. The van der Waals surface area contributed by atoms with E-state index in [1.165, 1.54) is 19.3 Å². The van der Waals surface area contributed by atoms with Gasteiger partial charge in [-0.15, -0.1) is 0 Å². The van der Waals surface area contributed by atoms with Gasteiger partial charge >= 0.3 is 5.97 Å². The average Bonchev–Trinajstić information content (AvgIpc) is 3.14. The Morgan fingerprint density at radius 2 is 2.00 bits per heavy atom. The highest BCUT2D eigenvalue weighted by molar-refractivity contribution is 5.82. The number of aliphatic hydroxyl groups excluding tert-OH is 1. The third-order valence-corrected chi connectivity index (χ3v) is 11.4. The molecule has 4 aliphatic carbocycles. The Morgan fingerprint density at radius 1 is 1.28 bits per heavy atom. The van der Waals surface area contributed by atoms with Crippen LogP contribution in [0.3, 0.4) is 0 Å². The third kappa shape index (κ3) is 4.73. The van der Waals surface area contributed by atoms with E-state index in [0.717, 1.165) is 31.3 Å². The molecular formula is C31H52N2O3. The number of allylic oxidation sites excluding steroid dienone is 2. The van der Waals surface area contributed by atoms with E-state index >= 15 is 0 Å². The second-order valence-electron chi connectivity index (χ2n) is 13.4. The van der Waals surface area contributed by atoms with Gasteiger partial charge in [-0.2, -0.15) is 0 Å². The molecule has 5 nitrogen and oxygen atoms in total. The maximum absolute atomic E-state index is 12.9. The highest BCUT2D eigenvalue weighted by Gasteiger charge is 2.64.